The fourth-order valence-electron chi connectivity index (χ4n) is 5.17. The van der Waals surface area contributed by atoms with Crippen LogP contribution in [0.3, 0.4) is 0 Å². The number of ether oxygens (including phenoxy) is 2. The molecule has 2 aliphatic rings. The van der Waals surface area contributed by atoms with Crippen LogP contribution in [-0.2, 0) is 12.8 Å². The van der Waals surface area contributed by atoms with E-state index in [1.807, 2.05) is 38.1 Å². The van der Waals surface area contributed by atoms with Crippen LogP contribution in [0, 0.1) is 0 Å². The lowest BCUT2D eigenvalue weighted by Gasteiger charge is -2.50. The Balaban J connectivity index is 1.33. The summed E-state index contributed by atoms with van der Waals surface area (Å²) in [5.74, 6) is 1.12. The van der Waals surface area contributed by atoms with Gasteiger partial charge in [-0.3, -0.25) is 9.69 Å². The van der Waals surface area contributed by atoms with Crippen LogP contribution in [-0.4, -0.2) is 30.8 Å². The highest BCUT2D eigenvalue weighted by atomic mass is 16.5. The molecular formula is C30H33N3O4. The van der Waals surface area contributed by atoms with Crippen LogP contribution in [0.15, 0.2) is 66.7 Å². The summed E-state index contributed by atoms with van der Waals surface area (Å²) in [7, 11) is 0. The van der Waals surface area contributed by atoms with Crippen LogP contribution in [0.4, 0.5) is 10.5 Å². The molecule has 0 saturated carbocycles. The third-order valence-electron chi connectivity index (χ3n) is 7.06. The summed E-state index contributed by atoms with van der Waals surface area (Å²) in [6, 6.07) is 20.9. The molecule has 2 atom stereocenters. The lowest BCUT2D eigenvalue weighted by atomic mass is 9.89. The SMILES string of the molecule is CCOc1cccc2c1O[C@]1(C)CC2NC(=O)N1c1cccc(C(=O)NCCc2ccc(CC)cc2)c1. The van der Waals surface area contributed by atoms with Crippen molar-refractivity contribution in [2.45, 2.75) is 51.8 Å². The van der Waals surface area contributed by atoms with Crippen molar-refractivity contribution in [2.24, 2.45) is 0 Å². The van der Waals surface area contributed by atoms with E-state index in [1.54, 1.807) is 23.1 Å². The number of aryl methyl sites for hydroxylation is 1. The van der Waals surface area contributed by atoms with Crippen LogP contribution in [0.25, 0.3) is 0 Å². The van der Waals surface area contributed by atoms with Crippen LogP contribution in [0.5, 0.6) is 11.5 Å². The lowest BCUT2D eigenvalue weighted by Crippen LogP contribution is -2.65. The standard InChI is InChI=1S/C30H33N3O4/c1-4-20-12-14-21(15-13-20)16-17-31-28(34)22-8-6-9-23(18-22)33-29(35)32-25-19-30(33,3)37-27-24(25)10-7-11-26(27)36-5-2/h6-15,18,25H,4-5,16-17,19H2,1-3H3,(H,31,34)(H,32,35)/t25?,30-/m1/s1. The molecule has 3 aromatic carbocycles. The minimum absolute atomic E-state index is 0.180. The molecule has 0 radical (unpaired) electrons. The third kappa shape index (κ3) is 4.86. The Bertz CT molecular complexity index is 1310. The molecule has 3 amide bonds. The van der Waals surface area contributed by atoms with E-state index in [0.717, 1.165) is 18.4 Å². The highest BCUT2D eigenvalue weighted by Crippen LogP contribution is 2.49. The molecule has 192 valence electrons. The Kier molecular flexibility index (Phi) is 6.78. The van der Waals surface area contributed by atoms with E-state index in [9.17, 15) is 9.59 Å². The summed E-state index contributed by atoms with van der Waals surface area (Å²) in [6.07, 6.45) is 2.32. The molecule has 2 bridgehead atoms. The molecule has 0 aromatic heterocycles. The molecule has 1 fully saturated rings. The number of nitrogens with one attached hydrogen (secondary N) is 2. The number of carbonyl (C=O) groups excluding carboxylic acids is 2. The minimum Gasteiger partial charge on any atom is -0.490 e. The molecule has 0 aliphatic carbocycles. The molecule has 0 spiro atoms. The van der Waals surface area contributed by atoms with Crippen molar-refractivity contribution in [1.82, 2.24) is 10.6 Å². The normalized spacial score (nSPS) is 19.9. The topological polar surface area (TPSA) is 79.9 Å². The van der Waals surface area contributed by atoms with Gasteiger partial charge in [-0.15, -0.1) is 0 Å². The maximum absolute atomic E-state index is 13.3. The molecule has 5 rings (SSSR count). The number of nitrogens with zero attached hydrogens (tertiary/aromatic N) is 1. The third-order valence-corrected chi connectivity index (χ3v) is 7.06. The van der Waals surface area contributed by atoms with Gasteiger partial charge in [-0.05, 0) is 62.1 Å². The number of amides is 3. The zero-order valence-corrected chi connectivity index (χ0v) is 21.5. The van der Waals surface area contributed by atoms with Gasteiger partial charge in [0.15, 0.2) is 17.2 Å². The molecule has 37 heavy (non-hydrogen) atoms. The summed E-state index contributed by atoms with van der Waals surface area (Å²) in [6.45, 7) is 7.00. The van der Waals surface area contributed by atoms with Crippen molar-refractivity contribution in [3.8, 4) is 11.5 Å². The van der Waals surface area contributed by atoms with Gasteiger partial charge in [-0.1, -0.05) is 49.4 Å². The number of urea groups is 1. The number of carbonyl (C=O) groups is 2. The highest BCUT2D eigenvalue weighted by molar-refractivity contribution is 5.99. The van der Waals surface area contributed by atoms with E-state index in [-0.39, 0.29) is 18.0 Å². The zero-order valence-electron chi connectivity index (χ0n) is 21.5. The molecule has 3 aromatic rings. The van der Waals surface area contributed by atoms with Crippen molar-refractivity contribution >= 4 is 17.6 Å². The first kappa shape index (κ1) is 24.7. The summed E-state index contributed by atoms with van der Waals surface area (Å²) in [4.78, 5) is 27.8. The first-order chi connectivity index (χ1) is 17.9. The first-order valence-electron chi connectivity index (χ1n) is 12.9. The smallest absolute Gasteiger partial charge is 0.325 e. The van der Waals surface area contributed by atoms with Crippen LogP contribution in [0.2, 0.25) is 0 Å². The Morgan fingerprint density at radius 2 is 1.86 bits per heavy atom. The van der Waals surface area contributed by atoms with E-state index >= 15 is 0 Å². The summed E-state index contributed by atoms with van der Waals surface area (Å²) in [5, 5.41) is 6.11. The first-order valence-corrected chi connectivity index (χ1v) is 12.9. The van der Waals surface area contributed by atoms with Crippen molar-refractivity contribution in [1.29, 1.82) is 0 Å². The van der Waals surface area contributed by atoms with Crippen molar-refractivity contribution in [3.05, 3.63) is 89.0 Å². The summed E-state index contributed by atoms with van der Waals surface area (Å²) in [5.41, 5.74) is 3.54. The van der Waals surface area contributed by atoms with E-state index in [1.165, 1.54) is 11.1 Å². The fourth-order valence-corrected chi connectivity index (χ4v) is 5.17. The predicted molar refractivity (Wildman–Crippen MR) is 143 cm³/mol. The van der Waals surface area contributed by atoms with E-state index in [2.05, 4.69) is 41.8 Å². The van der Waals surface area contributed by atoms with Crippen molar-refractivity contribution < 1.29 is 19.1 Å². The molecule has 1 saturated heterocycles. The van der Waals surface area contributed by atoms with Crippen LogP contribution >= 0.6 is 0 Å². The van der Waals surface area contributed by atoms with Crippen molar-refractivity contribution in [3.63, 3.8) is 0 Å². The predicted octanol–water partition coefficient (Wildman–Crippen LogP) is 5.39. The molecule has 2 aliphatic heterocycles. The number of benzene rings is 3. The minimum atomic E-state index is -0.938. The van der Waals surface area contributed by atoms with Gasteiger partial charge in [0.25, 0.3) is 5.91 Å². The van der Waals surface area contributed by atoms with E-state index < -0.39 is 5.72 Å². The van der Waals surface area contributed by atoms with Crippen LogP contribution in [0.1, 0.15) is 60.3 Å². The van der Waals surface area contributed by atoms with Crippen molar-refractivity contribution in [2.75, 3.05) is 18.1 Å². The Hall–Kier alpha value is -4.00. The van der Waals surface area contributed by atoms with Gasteiger partial charge in [0, 0.05) is 24.1 Å². The Labute approximate surface area is 217 Å². The second-order valence-corrected chi connectivity index (χ2v) is 9.65. The maximum Gasteiger partial charge on any atom is 0.325 e. The number of anilines is 1. The quantitative estimate of drug-likeness (QED) is 0.436. The summed E-state index contributed by atoms with van der Waals surface area (Å²) < 4.78 is 12.3. The van der Waals surface area contributed by atoms with Crippen LogP contribution < -0.4 is 25.0 Å². The van der Waals surface area contributed by atoms with Gasteiger partial charge in [-0.2, -0.15) is 0 Å². The van der Waals surface area contributed by atoms with Gasteiger partial charge in [0.05, 0.1) is 18.3 Å². The lowest BCUT2D eigenvalue weighted by molar-refractivity contribution is 0.0343. The maximum atomic E-state index is 13.3. The Morgan fingerprint density at radius 3 is 2.62 bits per heavy atom. The van der Waals surface area contributed by atoms with E-state index in [4.69, 9.17) is 9.47 Å². The average Bonchev–Trinajstić information content (AvgIpc) is 2.89. The average molecular weight is 500 g/mol. The van der Waals surface area contributed by atoms with Gasteiger partial charge in [0.2, 0.25) is 0 Å². The molecule has 2 N–H and O–H groups in total. The molecule has 1 unspecified atom stereocenters. The molecular weight excluding hydrogens is 466 g/mol. The van der Waals surface area contributed by atoms with Gasteiger partial charge < -0.3 is 20.1 Å². The molecule has 7 heteroatoms. The number of hydrogen-bond acceptors (Lipinski definition) is 4. The number of para-hydroxylation sites is 1. The number of fused-ring (bicyclic) bond motifs is 4. The number of rotatable bonds is 8. The van der Waals surface area contributed by atoms with E-state index in [0.29, 0.717) is 42.3 Å². The second-order valence-electron chi connectivity index (χ2n) is 9.65. The Morgan fingerprint density at radius 1 is 1.11 bits per heavy atom. The summed E-state index contributed by atoms with van der Waals surface area (Å²) >= 11 is 0. The zero-order chi connectivity index (χ0) is 26.0. The van der Waals surface area contributed by atoms with Gasteiger partial charge in [0.1, 0.15) is 0 Å². The second kappa shape index (κ2) is 10.2. The largest absolute Gasteiger partial charge is 0.490 e. The fraction of sp³-hybridized carbons (Fsp3) is 0.333. The van der Waals surface area contributed by atoms with Gasteiger partial charge in [-0.25, -0.2) is 4.79 Å². The monoisotopic (exact) mass is 499 g/mol. The number of hydrogen-bond donors (Lipinski definition) is 2. The highest BCUT2D eigenvalue weighted by Gasteiger charge is 2.50. The van der Waals surface area contributed by atoms with Gasteiger partial charge >= 0.3 is 6.03 Å². The molecule has 2 heterocycles. The molecule has 7 nitrogen and oxygen atoms in total.